The Labute approximate surface area is 150 Å². The minimum absolute atomic E-state index is 0.0660. The van der Waals surface area contributed by atoms with Crippen molar-refractivity contribution in [1.29, 1.82) is 0 Å². The number of carbonyl (C=O) groups is 2. The number of amides is 3. The van der Waals surface area contributed by atoms with Crippen LogP contribution < -0.4 is 16.0 Å². The summed E-state index contributed by atoms with van der Waals surface area (Å²) in [7, 11) is 0. The van der Waals surface area contributed by atoms with Crippen molar-refractivity contribution in [3.8, 4) is 0 Å². The Kier molecular flexibility index (Phi) is 6.26. The third-order valence-electron chi connectivity index (χ3n) is 3.61. The monoisotopic (exact) mass is 356 g/mol. The summed E-state index contributed by atoms with van der Waals surface area (Å²) in [6, 6.07) is 13.1. The number of carbonyl (C=O) groups excluding carboxylic acids is 2. The van der Waals surface area contributed by atoms with Gasteiger partial charge >= 0.3 is 6.03 Å². The molecule has 1 atom stereocenters. The number of nitrogens with one attached hydrogen (secondary N) is 3. The summed E-state index contributed by atoms with van der Waals surface area (Å²) >= 11 is 0. The standard InChI is InChI=1S/C18H20N4O4/c1-12(2)16(21-18(24)20-13-6-4-3-5-7-13)17(23)19-14-8-10-15(11-9-14)22(25)26/h3-12,16H,1-2H3,(H,19,23)(H2,20,21,24). The zero-order valence-electron chi connectivity index (χ0n) is 14.4. The molecular formula is C18H20N4O4. The van der Waals surface area contributed by atoms with E-state index in [1.165, 1.54) is 24.3 Å². The highest BCUT2D eigenvalue weighted by atomic mass is 16.6. The Bertz CT molecular complexity index is 776. The van der Waals surface area contributed by atoms with E-state index in [2.05, 4.69) is 16.0 Å². The zero-order chi connectivity index (χ0) is 19.1. The number of nitrogens with zero attached hydrogens (tertiary/aromatic N) is 1. The molecule has 0 heterocycles. The van der Waals surface area contributed by atoms with Crippen molar-refractivity contribution in [2.24, 2.45) is 5.92 Å². The summed E-state index contributed by atoms with van der Waals surface area (Å²) < 4.78 is 0. The minimum atomic E-state index is -0.770. The van der Waals surface area contributed by atoms with Crippen LogP contribution in [-0.2, 0) is 4.79 Å². The van der Waals surface area contributed by atoms with Gasteiger partial charge in [0.05, 0.1) is 4.92 Å². The Morgan fingerprint density at radius 2 is 1.50 bits per heavy atom. The Balaban J connectivity index is 2.00. The molecule has 0 aliphatic rings. The molecule has 2 aromatic carbocycles. The maximum atomic E-state index is 12.5. The number of nitro benzene ring substituents is 1. The first-order valence-electron chi connectivity index (χ1n) is 8.04. The Hall–Kier alpha value is -3.42. The lowest BCUT2D eigenvalue weighted by atomic mass is 10.0. The van der Waals surface area contributed by atoms with Crippen molar-refractivity contribution >= 4 is 29.0 Å². The second kappa shape index (κ2) is 8.61. The van der Waals surface area contributed by atoms with Gasteiger partial charge in [-0.25, -0.2) is 4.79 Å². The van der Waals surface area contributed by atoms with Gasteiger partial charge in [-0.3, -0.25) is 14.9 Å². The fourth-order valence-corrected chi connectivity index (χ4v) is 2.25. The molecule has 0 saturated heterocycles. The lowest BCUT2D eigenvalue weighted by Crippen LogP contribution is -2.48. The van der Waals surface area contributed by atoms with Crippen molar-refractivity contribution < 1.29 is 14.5 Å². The molecule has 0 aromatic heterocycles. The van der Waals surface area contributed by atoms with E-state index >= 15 is 0 Å². The smallest absolute Gasteiger partial charge is 0.319 e. The summed E-state index contributed by atoms with van der Waals surface area (Å²) in [6.45, 7) is 3.62. The van der Waals surface area contributed by atoms with Crippen LogP contribution in [0.25, 0.3) is 0 Å². The average Bonchev–Trinajstić information content (AvgIpc) is 2.60. The number of hydrogen-bond donors (Lipinski definition) is 3. The van der Waals surface area contributed by atoms with Gasteiger partial charge in [0.1, 0.15) is 6.04 Å². The maximum absolute atomic E-state index is 12.5. The SMILES string of the molecule is CC(C)C(NC(=O)Nc1ccccc1)C(=O)Nc1ccc([N+](=O)[O-])cc1. The van der Waals surface area contributed by atoms with Gasteiger partial charge in [0.15, 0.2) is 0 Å². The van der Waals surface area contributed by atoms with Gasteiger partial charge in [0.25, 0.3) is 5.69 Å². The number of benzene rings is 2. The van der Waals surface area contributed by atoms with Gasteiger partial charge in [0.2, 0.25) is 5.91 Å². The van der Waals surface area contributed by atoms with E-state index in [9.17, 15) is 19.7 Å². The van der Waals surface area contributed by atoms with Crippen molar-refractivity contribution in [3.05, 3.63) is 64.7 Å². The van der Waals surface area contributed by atoms with Gasteiger partial charge < -0.3 is 16.0 Å². The normalized spacial score (nSPS) is 11.5. The largest absolute Gasteiger partial charge is 0.326 e. The summed E-state index contributed by atoms with van der Waals surface area (Å²) in [5.41, 5.74) is 0.962. The van der Waals surface area contributed by atoms with Gasteiger partial charge in [-0.2, -0.15) is 0 Å². The first-order valence-corrected chi connectivity index (χ1v) is 8.04. The van der Waals surface area contributed by atoms with Crippen LogP contribution in [-0.4, -0.2) is 22.9 Å². The molecule has 8 heteroatoms. The fourth-order valence-electron chi connectivity index (χ4n) is 2.25. The number of nitro groups is 1. The molecule has 0 radical (unpaired) electrons. The zero-order valence-corrected chi connectivity index (χ0v) is 14.4. The molecular weight excluding hydrogens is 336 g/mol. The van der Waals surface area contributed by atoms with Gasteiger partial charge in [-0.1, -0.05) is 32.0 Å². The predicted molar refractivity (Wildman–Crippen MR) is 98.9 cm³/mol. The van der Waals surface area contributed by atoms with E-state index in [4.69, 9.17) is 0 Å². The van der Waals surface area contributed by atoms with Gasteiger partial charge in [-0.05, 0) is 30.2 Å². The molecule has 1 unspecified atom stereocenters. The van der Waals surface area contributed by atoms with E-state index in [1.807, 2.05) is 19.9 Å². The maximum Gasteiger partial charge on any atom is 0.319 e. The first-order chi connectivity index (χ1) is 12.4. The number of urea groups is 1. The average molecular weight is 356 g/mol. The second-order valence-corrected chi connectivity index (χ2v) is 5.98. The summed E-state index contributed by atoms with van der Waals surface area (Å²) in [5, 5.41) is 18.6. The van der Waals surface area contributed by atoms with Gasteiger partial charge in [0, 0.05) is 23.5 Å². The van der Waals surface area contributed by atoms with E-state index < -0.39 is 22.9 Å². The Morgan fingerprint density at radius 3 is 2.04 bits per heavy atom. The molecule has 3 N–H and O–H groups in total. The number of para-hydroxylation sites is 1. The van der Waals surface area contributed by atoms with Crippen LogP contribution >= 0.6 is 0 Å². The van der Waals surface area contributed by atoms with Crippen LogP contribution in [0, 0.1) is 16.0 Å². The minimum Gasteiger partial charge on any atom is -0.326 e. The van der Waals surface area contributed by atoms with Gasteiger partial charge in [-0.15, -0.1) is 0 Å². The molecule has 0 spiro atoms. The van der Waals surface area contributed by atoms with E-state index in [0.29, 0.717) is 11.4 Å². The lowest BCUT2D eigenvalue weighted by molar-refractivity contribution is -0.384. The third kappa shape index (κ3) is 5.30. The molecule has 3 amide bonds. The predicted octanol–water partition coefficient (Wildman–Crippen LogP) is 3.38. The summed E-state index contributed by atoms with van der Waals surface area (Å²) in [4.78, 5) is 34.8. The summed E-state index contributed by atoms with van der Waals surface area (Å²) in [5.74, 6) is -0.563. The molecule has 26 heavy (non-hydrogen) atoms. The van der Waals surface area contributed by atoms with E-state index in [0.717, 1.165) is 0 Å². The van der Waals surface area contributed by atoms with E-state index in [-0.39, 0.29) is 11.6 Å². The molecule has 2 aromatic rings. The Morgan fingerprint density at radius 1 is 0.923 bits per heavy atom. The fraction of sp³-hybridized carbons (Fsp3) is 0.222. The second-order valence-electron chi connectivity index (χ2n) is 5.98. The molecule has 0 aliphatic heterocycles. The van der Waals surface area contributed by atoms with Crippen molar-refractivity contribution in [2.45, 2.75) is 19.9 Å². The van der Waals surface area contributed by atoms with Crippen LogP contribution in [0.4, 0.5) is 21.9 Å². The van der Waals surface area contributed by atoms with Crippen LogP contribution in [0.5, 0.6) is 0 Å². The molecule has 0 saturated carbocycles. The van der Waals surface area contributed by atoms with Crippen LogP contribution in [0.1, 0.15) is 13.8 Å². The highest BCUT2D eigenvalue weighted by molar-refractivity contribution is 5.99. The molecule has 8 nitrogen and oxygen atoms in total. The molecule has 0 bridgehead atoms. The number of hydrogen-bond acceptors (Lipinski definition) is 4. The van der Waals surface area contributed by atoms with Crippen molar-refractivity contribution in [2.75, 3.05) is 10.6 Å². The highest BCUT2D eigenvalue weighted by Gasteiger charge is 2.24. The first kappa shape index (κ1) is 18.9. The molecule has 136 valence electrons. The third-order valence-corrected chi connectivity index (χ3v) is 3.61. The number of rotatable bonds is 6. The van der Waals surface area contributed by atoms with Crippen LogP contribution in [0.15, 0.2) is 54.6 Å². The number of anilines is 2. The molecule has 0 fully saturated rings. The number of non-ortho nitro benzene ring substituents is 1. The molecule has 0 aliphatic carbocycles. The summed E-state index contributed by atoms with van der Waals surface area (Å²) in [6.07, 6.45) is 0. The topological polar surface area (TPSA) is 113 Å². The lowest BCUT2D eigenvalue weighted by Gasteiger charge is -2.22. The quantitative estimate of drug-likeness (QED) is 0.544. The van der Waals surface area contributed by atoms with Crippen molar-refractivity contribution in [1.82, 2.24) is 5.32 Å². The molecule has 2 rings (SSSR count). The van der Waals surface area contributed by atoms with Crippen molar-refractivity contribution in [3.63, 3.8) is 0 Å². The van der Waals surface area contributed by atoms with Crippen LogP contribution in [0.2, 0.25) is 0 Å². The van der Waals surface area contributed by atoms with E-state index in [1.54, 1.807) is 24.3 Å². The van der Waals surface area contributed by atoms with Crippen LogP contribution in [0.3, 0.4) is 0 Å². The highest BCUT2D eigenvalue weighted by Crippen LogP contribution is 2.16.